The van der Waals surface area contributed by atoms with Crippen LogP contribution in [0.25, 0.3) is 89.4 Å². The van der Waals surface area contributed by atoms with Crippen LogP contribution in [0, 0.1) is 0 Å². The summed E-state index contributed by atoms with van der Waals surface area (Å²) < 4.78 is 62.7. The highest BCUT2D eigenvalue weighted by atomic mass is 16.6. The van der Waals surface area contributed by atoms with Crippen LogP contribution in [0.5, 0.6) is 0 Å². The van der Waals surface area contributed by atoms with Gasteiger partial charge in [0, 0.05) is 33.4 Å². The number of imidazole rings is 2. The van der Waals surface area contributed by atoms with Crippen LogP contribution in [0.15, 0.2) is 146 Å². The van der Waals surface area contributed by atoms with Crippen molar-refractivity contribution in [3.8, 4) is 67.3 Å². The second kappa shape index (κ2) is 32.7. The van der Waals surface area contributed by atoms with E-state index in [4.69, 9.17) is 66.8 Å². The van der Waals surface area contributed by atoms with E-state index in [0.29, 0.717) is 140 Å². The number of fused-ring (bicyclic) bond motifs is 2. The Morgan fingerprint density at radius 2 is 0.477 bits per heavy atom. The molecule has 0 saturated carbocycles. The van der Waals surface area contributed by atoms with Crippen LogP contribution in [0.2, 0.25) is 0 Å². The number of hydrogen-bond donors (Lipinski definition) is 2. The van der Waals surface area contributed by atoms with Gasteiger partial charge in [-0.2, -0.15) is 0 Å². The van der Waals surface area contributed by atoms with Gasteiger partial charge in [0.25, 0.3) is 0 Å². The van der Waals surface area contributed by atoms with E-state index in [9.17, 15) is 19.2 Å². The molecule has 1 aliphatic rings. The first-order valence-electron chi connectivity index (χ1n) is 28.7. The van der Waals surface area contributed by atoms with Crippen molar-refractivity contribution in [2.75, 3.05) is 134 Å². The number of aromatic nitrogens is 4. The molecule has 458 valence electrons. The molecule has 20 heteroatoms. The fraction of sp³-hybridized carbons (Fsp3) is 0.294. The largest absolute Gasteiger partial charge is 0.465 e. The van der Waals surface area contributed by atoms with Crippen molar-refractivity contribution in [2.45, 2.75) is 0 Å². The zero-order valence-corrected chi connectivity index (χ0v) is 49.6. The summed E-state index contributed by atoms with van der Waals surface area (Å²) in [5.74, 6) is -0.418. The van der Waals surface area contributed by atoms with Crippen LogP contribution in [0.1, 0.15) is 41.4 Å². The van der Waals surface area contributed by atoms with Gasteiger partial charge in [0.2, 0.25) is 0 Å². The van der Waals surface area contributed by atoms with Crippen LogP contribution < -0.4 is 0 Å². The highest BCUT2D eigenvalue weighted by Gasteiger charge is 2.20. The third-order valence-corrected chi connectivity index (χ3v) is 14.2. The van der Waals surface area contributed by atoms with Crippen LogP contribution in [0.4, 0.5) is 0 Å². The second-order valence-electron chi connectivity index (χ2n) is 19.7. The van der Waals surface area contributed by atoms with E-state index in [1.165, 1.54) is 28.4 Å². The minimum absolute atomic E-state index is 0.420. The molecule has 88 heavy (non-hydrogen) atoms. The monoisotopic (exact) mass is 1200 g/mol. The molecule has 3 heterocycles. The van der Waals surface area contributed by atoms with Crippen LogP contribution in [-0.4, -0.2) is 178 Å². The number of ether oxygens (including phenoxy) is 12. The molecule has 0 radical (unpaired) electrons. The number of carbonyl (C=O) groups is 4. The van der Waals surface area contributed by atoms with Crippen molar-refractivity contribution >= 4 is 45.9 Å². The van der Waals surface area contributed by atoms with Gasteiger partial charge < -0.3 is 66.8 Å². The van der Waals surface area contributed by atoms with E-state index in [1.807, 2.05) is 97.1 Å². The Morgan fingerprint density at radius 3 is 0.693 bits per heavy atom. The van der Waals surface area contributed by atoms with Crippen LogP contribution in [-0.2, 0) is 56.8 Å². The molecule has 1 fully saturated rings. The van der Waals surface area contributed by atoms with Gasteiger partial charge in [-0.15, -0.1) is 0 Å². The lowest BCUT2D eigenvalue weighted by Crippen LogP contribution is -2.16. The second-order valence-corrected chi connectivity index (χ2v) is 19.7. The number of nitrogens with zero attached hydrogens (tertiary/aromatic N) is 2. The maximum atomic E-state index is 12.2. The predicted molar refractivity (Wildman–Crippen MR) is 330 cm³/mol. The van der Waals surface area contributed by atoms with Gasteiger partial charge in [-0.05, 0) is 70.8 Å². The van der Waals surface area contributed by atoms with Gasteiger partial charge in [-0.1, -0.05) is 97.1 Å². The Labute approximate surface area is 509 Å². The first-order chi connectivity index (χ1) is 43.2. The molecule has 10 rings (SSSR count). The Hall–Kier alpha value is -8.96. The summed E-state index contributed by atoms with van der Waals surface area (Å²) in [4.78, 5) is 66.3. The van der Waals surface area contributed by atoms with E-state index in [1.54, 1.807) is 48.5 Å². The molecule has 0 amide bonds. The van der Waals surface area contributed by atoms with E-state index < -0.39 is 23.9 Å². The SMILES string of the molecule is C1COCCOCCOCCOCCOCCOCCOCCO1.COC(=O)c1ccc(-c2ccc(-c3ccc(C(=O)OC)cc3)c3[nH]c(-c4ccc(-c5nc6c(-c7ccc(C(=O)OC)cc7)ccc(-c7ccc(C(=O)OC)cc7)c6[nH]5)cc4)nc23)cc1. The summed E-state index contributed by atoms with van der Waals surface area (Å²) in [7, 11) is 5.41. The quantitative estimate of drug-likeness (QED) is 0.0956. The minimum atomic E-state index is -0.421. The maximum Gasteiger partial charge on any atom is 0.337 e. The molecule has 1 saturated heterocycles. The van der Waals surface area contributed by atoms with Gasteiger partial charge >= 0.3 is 23.9 Å². The van der Waals surface area contributed by atoms with Crippen molar-refractivity contribution in [3.63, 3.8) is 0 Å². The number of H-pyrrole nitrogens is 2. The summed E-state index contributed by atoms with van der Waals surface area (Å²) in [6.07, 6.45) is 0. The fourth-order valence-electron chi connectivity index (χ4n) is 9.56. The van der Waals surface area contributed by atoms with E-state index in [2.05, 4.69) is 9.97 Å². The number of benzene rings is 7. The number of hydrogen-bond acceptors (Lipinski definition) is 18. The Kier molecular flexibility index (Phi) is 23.6. The standard InChI is InChI=1S/C52H38N4O8.C16H32O8/c1-61-49(57)35-17-5-29(6-18-35)39-25-26-40(30-7-19-36(20-8-30)50(58)62-2)44-43(39)53-47(54-44)33-13-15-34(16-14-33)48-55-45-41(31-9-21-37(22-10-31)51(59)63-3)27-28-42(46(45)56-48)32-11-23-38(24-12-32)52(60)64-4;1-2-18-5-6-20-9-10-22-13-14-24-16-15-23-12-11-21-8-7-19-4-3-17-1/h5-28H,1-4H3,(H,53,54)(H,55,56);1-16H2. The zero-order chi connectivity index (χ0) is 61.5. The third kappa shape index (κ3) is 16.8. The Bertz CT molecular complexity index is 3190. The average molecular weight is 1200 g/mol. The lowest BCUT2D eigenvalue weighted by Gasteiger charge is -2.09. The summed E-state index contributed by atoms with van der Waals surface area (Å²) >= 11 is 0. The van der Waals surface area contributed by atoms with Gasteiger partial charge in [-0.25, -0.2) is 29.1 Å². The average Bonchev–Trinajstić information content (AvgIpc) is 1.75. The van der Waals surface area contributed by atoms with Crippen molar-refractivity contribution in [2.24, 2.45) is 0 Å². The maximum absolute atomic E-state index is 12.2. The minimum Gasteiger partial charge on any atom is -0.465 e. The van der Waals surface area contributed by atoms with E-state index in [-0.39, 0.29) is 0 Å². The van der Waals surface area contributed by atoms with Crippen molar-refractivity contribution in [1.29, 1.82) is 0 Å². The third-order valence-electron chi connectivity index (χ3n) is 14.2. The first kappa shape index (κ1) is 63.5. The highest BCUT2D eigenvalue weighted by Crippen LogP contribution is 2.39. The molecular formula is C68H70N4O16. The van der Waals surface area contributed by atoms with Gasteiger partial charge in [0.1, 0.15) is 11.6 Å². The molecular weight excluding hydrogens is 1130 g/mol. The molecule has 0 spiro atoms. The molecule has 2 aromatic heterocycles. The summed E-state index contributed by atoms with van der Waals surface area (Å²) in [6, 6.07) is 44.7. The van der Waals surface area contributed by atoms with E-state index >= 15 is 0 Å². The number of nitrogens with one attached hydrogen (secondary N) is 2. The molecule has 9 aromatic rings. The Balaban J connectivity index is 0.000000324. The number of methoxy groups -OCH3 is 4. The van der Waals surface area contributed by atoms with Crippen LogP contribution in [0.3, 0.4) is 0 Å². The molecule has 2 N–H and O–H groups in total. The normalized spacial score (nSPS) is 14.6. The molecule has 20 nitrogen and oxygen atoms in total. The van der Waals surface area contributed by atoms with Crippen molar-refractivity contribution in [3.05, 3.63) is 168 Å². The number of carbonyl (C=O) groups excluding carboxylic acids is 4. The first-order valence-corrected chi connectivity index (χ1v) is 28.7. The molecule has 0 unspecified atom stereocenters. The van der Waals surface area contributed by atoms with Gasteiger partial charge in [-0.3, -0.25) is 0 Å². The molecule has 1 aliphatic heterocycles. The summed E-state index contributed by atoms with van der Waals surface area (Å²) in [5.41, 5.74) is 13.4. The highest BCUT2D eigenvalue weighted by molar-refractivity contribution is 6.05. The van der Waals surface area contributed by atoms with Crippen molar-refractivity contribution in [1.82, 2.24) is 19.9 Å². The van der Waals surface area contributed by atoms with Gasteiger partial charge in [0.15, 0.2) is 0 Å². The molecule has 0 bridgehead atoms. The number of aromatic amines is 2. The number of rotatable bonds is 10. The molecule has 0 aliphatic carbocycles. The van der Waals surface area contributed by atoms with Crippen LogP contribution >= 0.6 is 0 Å². The van der Waals surface area contributed by atoms with E-state index in [0.717, 1.165) is 77.7 Å². The molecule has 7 aromatic carbocycles. The summed E-state index contributed by atoms with van der Waals surface area (Å²) in [6.45, 7) is 8.89. The molecule has 0 atom stereocenters. The zero-order valence-electron chi connectivity index (χ0n) is 49.6. The lowest BCUT2D eigenvalue weighted by molar-refractivity contribution is -0.0334. The van der Waals surface area contributed by atoms with Crippen molar-refractivity contribution < 1.29 is 76.0 Å². The lowest BCUT2D eigenvalue weighted by atomic mass is 9.97. The smallest absolute Gasteiger partial charge is 0.337 e. The summed E-state index contributed by atoms with van der Waals surface area (Å²) in [5, 5.41) is 0. The topological polar surface area (TPSA) is 236 Å². The fourth-order valence-corrected chi connectivity index (χ4v) is 9.56. The van der Waals surface area contributed by atoms with Gasteiger partial charge in [0.05, 0.1) is 178 Å². The predicted octanol–water partition coefficient (Wildman–Crippen LogP) is 10.7. The Morgan fingerprint density at radius 1 is 0.284 bits per heavy atom. The number of esters is 4.